The van der Waals surface area contributed by atoms with Gasteiger partial charge in [0.05, 0.1) is 26.4 Å². The van der Waals surface area contributed by atoms with E-state index in [0.717, 1.165) is 28.2 Å². The molecule has 0 amide bonds. The van der Waals surface area contributed by atoms with Crippen molar-refractivity contribution >= 4 is 0 Å². The van der Waals surface area contributed by atoms with Crippen LogP contribution in [-0.2, 0) is 6.61 Å². The molecule has 0 fully saturated rings. The Morgan fingerprint density at radius 3 is 2.11 bits per heavy atom. The number of ether oxygens (including phenoxy) is 2. The standard InChI is InChI=1S/C15H16O3/c1-17-13-7-4-8-14(18-2)15(13)12-6-3-5-11(9-12)10-16/h3-9,16H,10H2,1-2H3. The molecule has 0 aliphatic heterocycles. The molecule has 0 spiro atoms. The van der Waals surface area contributed by atoms with Crippen LogP contribution in [0.2, 0.25) is 0 Å². The third kappa shape index (κ3) is 2.31. The number of hydrogen-bond donors (Lipinski definition) is 1. The Morgan fingerprint density at radius 2 is 1.56 bits per heavy atom. The van der Waals surface area contributed by atoms with Gasteiger partial charge in [0.25, 0.3) is 0 Å². The first-order valence-electron chi connectivity index (χ1n) is 5.71. The second-order valence-corrected chi connectivity index (χ2v) is 3.90. The summed E-state index contributed by atoms with van der Waals surface area (Å²) in [5.74, 6) is 1.51. The Morgan fingerprint density at radius 1 is 0.944 bits per heavy atom. The van der Waals surface area contributed by atoms with Crippen LogP contribution in [0.4, 0.5) is 0 Å². The van der Waals surface area contributed by atoms with E-state index in [0.29, 0.717) is 0 Å². The molecule has 0 unspecified atom stereocenters. The van der Waals surface area contributed by atoms with E-state index in [4.69, 9.17) is 9.47 Å². The zero-order chi connectivity index (χ0) is 13.0. The highest BCUT2D eigenvalue weighted by molar-refractivity contribution is 5.77. The number of rotatable bonds is 4. The van der Waals surface area contributed by atoms with Gasteiger partial charge in [-0.1, -0.05) is 24.3 Å². The lowest BCUT2D eigenvalue weighted by Crippen LogP contribution is -1.93. The number of methoxy groups -OCH3 is 2. The molecular formula is C15H16O3. The molecule has 0 saturated carbocycles. The normalized spacial score (nSPS) is 10.2. The minimum absolute atomic E-state index is 0.0192. The average Bonchev–Trinajstić information content (AvgIpc) is 2.46. The Hall–Kier alpha value is -2.00. The van der Waals surface area contributed by atoms with Crippen molar-refractivity contribution in [3.05, 3.63) is 48.0 Å². The van der Waals surface area contributed by atoms with E-state index in [1.54, 1.807) is 14.2 Å². The first-order chi connectivity index (χ1) is 8.80. The molecule has 0 saturated heterocycles. The predicted octanol–water partition coefficient (Wildman–Crippen LogP) is 2.86. The van der Waals surface area contributed by atoms with Crippen molar-refractivity contribution in [2.45, 2.75) is 6.61 Å². The van der Waals surface area contributed by atoms with E-state index in [9.17, 15) is 5.11 Å². The first kappa shape index (κ1) is 12.5. The van der Waals surface area contributed by atoms with E-state index >= 15 is 0 Å². The third-order valence-electron chi connectivity index (χ3n) is 2.83. The van der Waals surface area contributed by atoms with Gasteiger partial charge >= 0.3 is 0 Å². The van der Waals surface area contributed by atoms with Gasteiger partial charge in [-0.3, -0.25) is 0 Å². The van der Waals surface area contributed by atoms with Crippen molar-refractivity contribution in [2.75, 3.05) is 14.2 Å². The van der Waals surface area contributed by atoms with Gasteiger partial charge in [-0.25, -0.2) is 0 Å². The summed E-state index contributed by atoms with van der Waals surface area (Å²) in [6.07, 6.45) is 0. The highest BCUT2D eigenvalue weighted by Gasteiger charge is 2.12. The molecule has 1 N–H and O–H groups in total. The van der Waals surface area contributed by atoms with E-state index in [1.807, 2.05) is 42.5 Å². The number of aliphatic hydroxyl groups is 1. The van der Waals surface area contributed by atoms with Crippen LogP contribution in [0.3, 0.4) is 0 Å². The molecule has 2 aromatic rings. The zero-order valence-corrected chi connectivity index (χ0v) is 10.5. The van der Waals surface area contributed by atoms with Crippen LogP contribution in [0.25, 0.3) is 11.1 Å². The summed E-state index contributed by atoms with van der Waals surface area (Å²) in [5, 5.41) is 9.20. The summed E-state index contributed by atoms with van der Waals surface area (Å²) < 4.78 is 10.7. The van der Waals surface area contributed by atoms with Crippen molar-refractivity contribution in [3.63, 3.8) is 0 Å². The van der Waals surface area contributed by atoms with Crippen LogP contribution in [0.5, 0.6) is 11.5 Å². The smallest absolute Gasteiger partial charge is 0.130 e. The van der Waals surface area contributed by atoms with Gasteiger partial charge in [0.2, 0.25) is 0 Å². The molecule has 94 valence electrons. The van der Waals surface area contributed by atoms with Gasteiger partial charge in [-0.2, -0.15) is 0 Å². The van der Waals surface area contributed by atoms with Crippen molar-refractivity contribution in [1.82, 2.24) is 0 Å². The lowest BCUT2D eigenvalue weighted by molar-refractivity contribution is 0.282. The lowest BCUT2D eigenvalue weighted by atomic mass is 10.0. The van der Waals surface area contributed by atoms with E-state index in [-0.39, 0.29) is 6.61 Å². The van der Waals surface area contributed by atoms with E-state index in [1.165, 1.54) is 0 Å². The molecule has 3 nitrogen and oxygen atoms in total. The molecule has 0 aliphatic carbocycles. The molecule has 18 heavy (non-hydrogen) atoms. The van der Waals surface area contributed by atoms with Crippen LogP contribution < -0.4 is 9.47 Å². The van der Waals surface area contributed by atoms with Crippen LogP contribution in [0.15, 0.2) is 42.5 Å². The van der Waals surface area contributed by atoms with Gasteiger partial charge in [0.1, 0.15) is 11.5 Å². The molecule has 3 heteroatoms. The molecule has 0 heterocycles. The maximum atomic E-state index is 9.20. The Labute approximate surface area is 107 Å². The molecule has 0 atom stereocenters. The molecular weight excluding hydrogens is 228 g/mol. The fraction of sp³-hybridized carbons (Fsp3) is 0.200. The molecule has 0 aromatic heterocycles. The van der Waals surface area contributed by atoms with E-state index < -0.39 is 0 Å². The molecule has 0 radical (unpaired) electrons. The number of aliphatic hydroxyl groups excluding tert-OH is 1. The highest BCUT2D eigenvalue weighted by Crippen LogP contribution is 2.38. The number of hydrogen-bond acceptors (Lipinski definition) is 3. The first-order valence-corrected chi connectivity index (χ1v) is 5.71. The topological polar surface area (TPSA) is 38.7 Å². The summed E-state index contributed by atoms with van der Waals surface area (Å²) in [4.78, 5) is 0. The van der Waals surface area contributed by atoms with Crippen molar-refractivity contribution in [2.24, 2.45) is 0 Å². The fourth-order valence-corrected chi connectivity index (χ4v) is 1.96. The Balaban J connectivity index is 2.60. The Bertz CT molecular complexity index is 513. The van der Waals surface area contributed by atoms with Crippen LogP contribution in [-0.4, -0.2) is 19.3 Å². The fourth-order valence-electron chi connectivity index (χ4n) is 1.96. The largest absolute Gasteiger partial charge is 0.496 e. The quantitative estimate of drug-likeness (QED) is 0.898. The van der Waals surface area contributed by atoms with Crippen LogP contribution in [0, 0.1) is 0 Å². The summed E-state index contributed by atoms with van der Waals surface area (Å²) in [6.45, 7) is 0.0192. The summed E-state index contributed by atoms with van der Waals surface area (Å²) in [7, 11) is 3.27. The van der Waals surface area contributed by atoms with Crippen LogP contribution >= 0.6 is 0 Å². The molecule has 0 aliphatic rings. The monoisotopic (exact) mass is 244 g/mol. The second-order valence-electron chi connectivity index (χ2n) is 3.90. The SMILES string of the molecule is COc1cccc(OC)c1-c1cccc(CO)c1. The van der Waals surface area contributed by atoms with Crippen molar-refractivity contribution < 1.29 is 14.6 Å². The van der Waals surface area contributed by atoms with Gasteiger partial charge in [-0.15, -0.1) is 0 Å². The van der Waals surface area contributed by atoms with Crippen molar-refractivity contribution in [3.8, 4) is 22.6 Å². The summed E-state index contributed by atoms with van der Waals surface area (Å²) in [5.41, 5.74) is 2.73. The predicted molar refractivity (Wildman–Crippen MR) is 70.9 cm³/mol. The van der Waals surface area contributed by atoms with Crippen molar-refractivity contribution in [1.29, 1.82) is 0 Å². The van der Waals surface area contributed by atoms with Crippen LogP contribution in [0.1, 0.15) is 5.56 Å². The third-order valence-corrected chi connectivity index (χ3v) is 2.83. The summed E-state index contributed by atoms with van der Waals surface area (Å²) in [6, 6.07) is 13.4. The molecule has 0 bridgehead atoms. The maximum Gasteiger partial charge on any atom is 0.130 e. The minimum Gasteiger partial charge on any atom is -0.496 e. The highest BCUT2D eigenvalue weighted by atomic mass is 16.5. The second kappa shape index (κ2) is 5.56. The Kier molecular flexibility index (Phi) is 3.85. The van der Waals surface area contributed by atoms with Gasteiger partial charge in [0.15, 0.2) is 0 Å². The minimum atomic E-state index is 0.0192. The van der Waals surface area contributed by atoms with Gasteiger partial charge < -0.3 is 14.6 Å². The van der Waals surface area contributed by atoms with Gasteiger partial charge in [-0.05, 0) is 29.3 Å². The maximum absolute atomic E-state index is 9.20. The molecule has 2 rings (SSSR count). The number of benzene rings is 2. The van der Waals surface area contributed by atoms with Gasteiger partial charge in [0, 0.05) is 0 Å². The molecule has 2 aromatic carbocycles. The average molecular weight is 244 g/mol. The summed E-state index contributed by atoms with van der Waals surface area (Å²) >= 11 is 0. The lowest BCUT2D eigenvalue weighted by Gasteiger charge is -2.13. The van der Waals surface area contributed by atoms with E-state index in [2.05, 4.69) is 0 Å². The zero-order valence-electron chi connectivity index (χ0n) is 10.5.